The van der Waals surface area contributed by atoms with Crippen LogP contribution in [0.2, 0.25) is 0 Å². The van der Waals surface area contributed by atoms with Gasteiger partial charge in [0.2, 0.25) is 5.91 Å². The van der Waals surface area contributed by atoms with Gasteiger partial charge < -0.3 is 10.2 Å². The second-order valence-electron chi connectivity index (χ2n) is 7.30. The molecular formula is C17H25N3OS. The summed E-state index contributed by atoms with van der Waals surface area (Å²) in [5.74, 6) is 2.85. The van der Waals surface area contributed by atoms with Crippen LogP contribution in [0, 0.1) is 17.8 Å². The van der Waals surface area contributed by atoms with Crippen molar-refractivity contribution < 1.29 is 4.79 Å². The Hall–Kier alpha value is -0.940. The minimum atomic E-state index is -0.190. The zero-order valence-corrected chi connectivity index (χ0v) is 14.1. The summed E-state index contributed by atoms with van der Waals surface area (Å²) in [7, 11) is 1.89. The average Bonchev–Trinajstić information content (AvgIpc) is 3.08. The van der Waals surface area contributed by atoms with E-state index in [0.717, 1.165) is 47.8 Å². The zero-order valence-electron chi connectivity index (χ0n) is 13.3. The molecule has 2 heterocycles. The molecule has 5 heteroatoms. The molecule has 120 valence electrons. The molecule has 1 N–H and O–H groups in total. The fourth-order valence-electron chi connectivity index (χ4n) is 4.89. The minimum absolute atomic E-state index is 0.190. The van der Waals surface area contributed by atoms with Crippen LogP contribution in [0.5, 0.6) is 0 Å². The van der Waals surface area contributed by atoms with Gasteiger partial charge in [-0.25, -0.2) is 4.98 Å². The first-order chi connectivity index (χ1) is 10.7. The number of carbonyl (C=O) groups excluding carboxylic acids is 1. The van der Waals surface area contributed by atoms with Crippen LogP contribution < -0.4 is 5.32 Å². The Labute approximate surface area is 136 Å². The number of nitrogens with zero attached hydrogens (tertiary/aromatic N) is 2. The highest BCUT2D eigenvalue weighted by molar-refractivity contribution is 7.10. The molecule has 22 heavy (non-hydrogen) atoms. The van der Waals surface area contributed by atoms with E-state index in [1.807, 2.05) is 12.6 Å². The first-order valence-electron chi connectivity index (χ1n) is 8.63. The normalized spacial score (nSPS) is 34.6. The molecular weight excluding hydrogens is 294 g/mol. The molecule has 1 amide bonds. The molecule has 4 rings (SSSR count). The van der Waals surface area contributed by atoms with Gasteiger partial charge in [0.05, 0.1) is 16.1 Å². The van der Waals surface area contributed by atoms with Crippen molar-refractivity contribution in [2.24, 2.45) is 17.8 Å². The number of thiazole rings is 1. The van der Waals surface area contributed by atoms with Crippen molar-refractivity contribution in [3.8, 4) is 0 Å². The Morgan fingerprint density at radius 3 is 2.82 bits per heavy atom. The Morgan fingerprint density at radius 2 is 2.09 bits per heavy atom. The van der Waals surface area contributed by atoms with Gasteiger partial charge >= 0.3 is 0 Å². The number of amides is 1. The van der Waals surface area contributed by atoms with E-state index in [1.165, 1.54) is 32.1 Å². The fourth-order valence-corrected chi connectivity index (χ4v) is 5.83. The van der Waals surface area contributed by atoms with E-state index in [4.69, 9.17) is 0 Å². The summed E-state index contributed by atoms with van der Waals surface area (Å²) in [6, 6.07) is -0.190. The molecule has 3 unspecified atom stereocenters. The lowest BCUT2D eigenvalue weighted by atomic mass is 9.81. The molecule has 2 bridgehead atoms. The Balaban J connectivity index is 1.48. The molecule has 3 aliphatic rings. The van der Waals surface area contributed by atoms with Gasteiger partial charge in [-0.3, -0.25) is 4.79 Å². The van der Waals surface area contributed by atoms with Crippen LogP contribution in [0.3, 0.4) is 0 Å². The third-order valence-corrected chi connectivity index (χ3v) is 6.80. The highest BCUT2D eigenvalue weighted by Crippen LogP contribution is 2.45. The zero-order chi connectivity index (χ0) is 15.1. The van der Waals surface area contributed by atoms with Crippen LogP contribution in [0.1, 0.15) is 48.7 Å². The number of hydrogen-bond acceptors (Lipinski definition) is 4. The van der Waals surface area contributed by atoms with Gasteiger partial charge in [0.1, 0.15) is 6.04 Å². The predicted octanol–water partition coefficient (Wildman–Crippen LogP) is 2.61. The maximum Gasteiger partial charge on any atom is 0.245 e. The van der Waals surface area contributed by atoms with Crippen LogP contribution in [-0.2, 0) is 11.2 Å². The van der Waals surface area contributed by atoms with E-state index >= 15 is 0 Å². The summed E-state index contributed by atoms with van der Waals surface area (Å²) in [5, 5.41) is 3.21. The molecule has 1 aliphatic heterocycles. The largest absolute Gasteiger partial charge is 0.340 e. The summed E-state index contributed by atoms with van der Waals surface area (Å²) in [6.45, 7) is 1.79. The number of fused-ring (bicyclic) bond motifs is 3. The van der Waals surface area contributed by atoms with Gasteiger partial charge in [-0.1, -0.05) is 12.8 Å². The predicted molar refractivity (Wildman–Crippen MR) is 87.8 cm³/mol. The second kappa shape index (κ2) is 5.93. The molecule has 0 spiro atoms. The molecule has 2 fully saturated rings. The van der Waals surface area contributed by atoms with Crippen molar-refractivity contribution in [2.45, 2.75) is 44.6 Å². The Kier molecular flexibility index (Phi) is 3.95. The second-order valence-corrected chi connectivity index (χ2v) is 8.19. The van der Waals surface area contributed by atoms with Crippen molar-refractivity contribution >= 4 is 17.2 Å². The lowest BCUT2D eigenvalue weighted by Gasteiger charge is -2.33. The number of rotatable bonds is 3. The van der Waals surface area contributed by atoms with Gasteiger partial charge in [-0.15, -0.1) is 11.3 Å². The van der Waals surface area contributed by atoms with Crippen LogP contribution in [0.15, 0.2) is 5.51 Å². The first-order valence-corrected chi connectivity index (χ1v) is 9.51. The molecule has 3 atom stereocenters. The lowest BCUT2D eigenvalue weighted by Crippen LogP contribution is -2.42. The molecule has 1 aromatic rings. The summed E-state index contributed by atoms with van der Waals surface area (Å²) in [5.41, 5.74) is 2.99. The van der Waals surface area contributed by atoms with Gasteiger partial charge in [0.25, 0.3) is 0 Å². The third kappa shape index (κ3) is 2.58. The van der Waals surface area contributed by atoms with E-state index in [0.29, 0.717) is 0 Å². The molecule has 2 saturated carbocycles. The van der Waals surface area contributed by atoms with E-state index < -0.39 is 0 Å². The topological polar surface area (TPSA) is 45.2 Å². The Bertz CT molecular complexity index is 546. The smallest absolute Gasteiger partial charge is 0.245 e. The van der Waals surface area contributed by atoms with E-state index in [2.05, 4.69) is 15.2 Å². The number of nitrogens with one attached hydrogen (secondary N) is 1. The SMILES string of the molecule is CNC1C(=O)N(CC2CC3CCC(C3)C2)CCc2ncsc21. The van der Waals surface area contributed by atoms with Crippen LogP contribution in [-0.4, -0.2) is 35.9 Å². The molecule has 2 aliphatic carbocycles. The van der Waals surface area contributed by atoms with E-state index in [9.17, 15) is 4.79 Å². The van der Waals surface area contributed by atoms with Crippen molar-refractivity contribution in [2.75, 3.05) is 20.1 Å². The summed E-state index contributed by atoms with van der Waals surface area (Å²) >= 11 is 1.61. The molecule has 0 aromatic carbocycles. The standard InChI is InChI=1S/C17H25N3OS/c1-18-15-16-14(19-10-22-16)4-5-20(17(15)21)9-13-7-11-2-3-12(6-11)8-13/h10-13,15,18H,2-9H2,1H3. The fraction of sp³-hybridized carbons (Fsp3) is 0.765. The number of likely N-dealkylation sites (N-methyl/N-ethyl adjacent to an activating group) is 1. The molecule has 0 saturated heterocycles. The lowest BCUT2D eigenvalue weighted by molar-refractivity contribution is -0.134. The minimum Gasteiger partial charge on any atom is -0.340 e. The van der Waals surface area contributed by atoms with Crippen LogP contribution >= 0.6 is 11.3 Å². The summed E-state index contributed by atoms with van der Waals surface area (Å²) < 4.78 is 0. The molecule has 0 radical (unpaired) electrons. The van der Waals surface area contributed by atoms with Crippen molar-refractivity contribution in [3.05, 3.63) is 16.1 Å². The Morgan fingerprint density at radius 1 is 1.32 bits per heavy atom. The number of carbonyl (C=O) groups is 1. The highest BCUT2D eigenvalue weighted by Gasteiger charge is 2.37. The maximum absolute atomic E-state index is 12.9. The summed E-state index contributed by atoms with van der Waals surface area (Å²) in [6.07, 6.45) is 7.88. The molecule has 1 aromatic heterocycles. The van der Waals surface area contributed by atoms with Crippen molar-refractivity contribution in [3.63, 3.8) is 0 Å². The highest BCUT2D eigenvalue weighted by atomic mass is 32.1. The van der Waals surface area contributed by atoms with Crippen LogP contribution in [0.4, 0.5) is 0 Å². The molecule has 4 nitrogen and oxygen atoms in total. The van der Waals surface area contributed by atoms with Gasteiger partial charge in [0, 0.05) is 19.5 Å². The monoisotopic (exact) mass is 319 g/mol. The van der Waals surface area contributed by atoms with Crippen molar-refractivity contribution in [1.29, 1.82) is 0 Å². The third-order valence-electron chi connectivity index (χ3n) is 5.86. The van der Waals surface area contributed by atoms with E-state index in [-0.39, 0.29) is 11.9 Å². The average molecular weight is 319 g/mol. The number of hydrogen-bond donors (Lipinski definition) is 1. The van der Waals surface area contributed by atoms with Gasteiger partial charge in [-0.05, 0) is 44.1 Å². The van der Waals surface area contributed by atoms with Gasteiger partial charge in [0.15, 0.2) is 0 Å². The quantitative estimate of drug-likeness (QED) is 0.931. The van der Waals surface area contributed by atoms with Crippen LogP contribution in [0.25, 0.3) is 0 Å². The summed E-state index contributed by atoms with van der Waals surface area (Å²) in [4.78, 5) is 20.6. The maximum atomic E-state index is 12.9. The number of aromatic nitrogens is 1. The van der Waals surface area contributed by atoms with Gasteiger partial charge in [-0.2, -0.15) is 0 Å². The van der Waals surface area contributed by atoms with E-state index in [1.54, 1.807) is 11.3 Å². The first kappa shape index (κ1) is 14.6. The van der Waals surface area contributed by atoms with Crippen molar-refractivity contribution in [1.82, 2.24) is 15.2 Å².